The second-order valence-corrected chi connectivity index (χ2v) is 5.64. The van der Waals surface area contributed by atoms with Gasteiger partial charge in [-0.15, -0.1) is 11.3 Å². The molecule has 2 N–H and O–H groups in total. The lowest BCUT2D eigenvalue weighted by molar-refractivity contribution is 0.102. The van der Waals surface area contributed by atoms with Gasteiger partial charge in [0.1, 0.15) is 0 Å². The number of nitrogens with one attached hydrogen (secondary N) is 2. The zero-order valence-corrected chi connectivity index (χ0v) is 12.8. The van der Waals surface area contributed by atoms with Gasteiger partial charge in [0.25, 0.3) is 5.91 Å². The van der Waals surface area contributed by atoms with Gasteiger partial charge in [-0.2, -0.15) is 0 Å². The monoisotopic (exact) mass is 289 g/mol. The van der Waals surface area contributed by atoms with E-state index in [0.717, 1.165) is 29.2 Å². The summed E-state index contributed by atoms with van der Waals surface area (Å²) >= 11 is 1.52. The third-order valence-electron chi connectivity index (χ3n) is 2.98. The number of anilines is 2. The zero-order valence-electron chi connectivity index (χ0n) is 12.0. The molecule has 5 heteroatoms. The van der Waals surface area contributed by atoms with Crippen LogP contribution in [0.1, 0.15) is 34.8 Å². The highest BCUT2D eigenvalue weighted by molar-refractivity contribution is 7.15. The number of carbonyl (C=O) groups is 1. The van der Waals surface area contributed by atoms with Crippen molar-refractivity contribution in [3.8, 4) is 0 Å². The molecule has 20 heavy (non-hydrogen) atoms. The van der Waals surface area contributed by atoms with Gasteiger partial charge < -0.3 is 5.32 Å². The van der Waals surface area contributed by atoms with E-state index in [2.05, 4.69) is 22.5 Å². The van der Waals surface area contributed by atoms with Crippen molar-refractivity contribution in [2.75, 3.05) is 17.2 Å². The summed E-state index contributed by atoms with van der Waals surface area (Å²) < 4.78 is 0. The van der Waals surface area contributed by atoms with Gasteiger partial charge in [0.15, 0.2) is 5.13 Å². The highest BCUT2D eigenvalue weighted by Gasteiger charge is 2.10. The van der Waals surface area contributed by atoms with Gasteiger partial charge in [-0.25, -0.2) is 4.98 Å². The molecule has 0 unspecified atom stereocenters. The van der Waals surface area contributed by atoms with Gasteiger partial charge in [0.2, 0.25) is 0 Å². The van der Waals surface area contributed by atoms with Crippen molar-refractivity contribution in [2.24, 2.45) is 0 Å². The molecule has 0 aliphatic rings. The number of aryl methyl sites for hydroxylation is 2. The smallest absolute Gasteiger partial charge is 0.257 e. The predicted octanol–water partition coefficient (Wildman–Crippen LogP) is 3.70. The molecule has 2 rings (SSSR count). The maximum atomic E-state index is 12.1. The molecule has 0 radical (unpaired) electrons. The van der Waals surface area contributed by atoms with E-state index < -0.39 is 0 Å². The average molecular weight is 289 g/mol. The van der Waals surface area contributed by atoms with E-state index in [0.29, 0.717) is 10.7 Å². The molecule has 0 bridgehead atoms. The lowest BCUT2D eigenvalue weighted by Crippen LogP contribution is -2.11. The van der Waals surface area contributed by atoms with E-state index >= 15 is 0 Å². The van der Waals surface area contributed by atoms with Gasteiger partial charge in [-0.05, 0) is 44.5 Å². The van der Waals surface area contributed by atoms with Crippen LogP contribution in [0.4, 0.5) is 10.8 Å². The summed E-state index contributed by atoms with van der Waals surface area (Å²) in [5.41, 5.74) is 2.70. The Morgan fingerprint density at radius 3 is 2.50 bits per heavy atom. The number of rotatable bonds is 5. The van der Waals surface area contributed by atoms with Crippen LogP contribution in [0, 0.1) is 6.92 Å². The highest BCUT2D eigenvalue weighted by Crippen LogP contribution is 2.23. The van der Waals surface area contributed by atoms with E-state index in [1.807, 2.05) is 38.1 Å². The van der Waals surface area contributed by atoms with Gasteiger partial charge in [0, 0.05) is 22.7 Å². The van der Waals surface area contributed by atoms with Crippen molar-refractivity contribution in [3.05, 3.63) is 40.4 Å². The number of thiazole rings is 1. The summed E-state index contributed by atoms with van der Waals surface area (Å²) in [5, 5.41) is 6.72. The fourth-order valence-electron chi connectivity index (χ4n) is 1.92. The maximum absolute atomic E-state index is 12.1. The lowest BCUT2D eigenvalue weighted by atomic mass is 10.2. The molecule has 0 aliphatic heterocycles. The van der Waals surface area contributed by atoms with Crippen molar-refractivity contribution >= 4 is 28.1 Å². The summed E-state index contributed by atoms with van der Waals surface area (Å²) in [7, 11) is 0. The maximum Gasteiger partial charge on any atom is 0.257 e. The first kappa shape index (κ1) is 14.5. The van der Waals surface area contributed by atoms with Crippen molar-refractivity contribution in [3.63, 3.8) is 0 Å². The van der Waals surface area contributed by atoms with Gasteiger partial charge >= 0.3 is 0 Å². The Balaban J connectivity index is 2.07. The van der Waals surface area contributed by atoms with Crippen LogP contribution in [0.3, 0.4) is 0 Å². The standard InChI is InChI=1S/C15H19N3OS/c1-4-13-10(3)20-15(17-13)18-14(19)11-6-8-12(9-7-11)16-5-2/h6-9,16H,4-5H2,1-3H3,(H,17,18,19). The Bertz CT molecular complexity index is 590. The normalized spacial score (nSPS) is 10.3. The number of hydrogen-bond acceptors (Lipinski definition) is 4. The number of amides is 1. The molecule has 0 spiro atoms. The van der Waals surface area contributed by atoms with Crippen LogP contribution < -0.4 is 10.6 Å². The summed E-state index contributed by atoms with van der Waals surface area (Å²) in [6, 6.07) is 7.44. The van der Waals surface area contributed by atoms with Crippen molar-refractivity contribution < 1.29 is 4.79 Å². The lowest BCUT2D eigenvalue weighted by Gasteiger charge is -2.05. The van der Waals surface area contributed by atoms with Crippen LogP contribution in [0.25, 0.3) is 0 Å². The summed E-state index contributed by atoms with van der Waals surface area (Å²) in [6.45, 7) is 6.99. The Morgan fingerprint density at radius 1 is 1.25 bits per heavy atom. The quantitative estimate of drug-likeness (QED) is 0.882. The first-order chi connectivity index (χ1) is 9.63. The van der Waals surface area contributed by atoms with E-state index in [1.165, 1.54) is 11.3 Å². The molecule has 1 aromatic heterocycles. The molecular weight excluding hydrogens is 270 g/mol. The first-order valence-electron chi connectivity index (χ1n) is 6.75. The second kappa shape index (κ2) is 6.52. The Labute approximate surface area is 123 Å². The van der Waals surface area contributed by atoms with E-state index in [1.54, 1.807) is 0 Å². The molecule has 0 saturated carbocycles. The molecule has 106 valence electrons. The summed E-state index contributed by atoms with van der Waals surface area (Å²) in [6.07, 6.45) is 0.885. The fourth-order valence-corrected chi connectivity index (χ4v) is 2.82. The molecule has 1 amide bonds. The van der Waals surface area contributed by atoms with Crippen molar-refractivity contribution in [1.29, 1.82) is 0 Å². The SMILES string of the molecule is CCNc1ccc(C(=O)Nc2nc(CC)c(C)s2)cc1. The predicted molar refractivity (Wildman–Crippen MR) is 84.8 cm³/mol. The average Bonchev–Trinajstić information content (AvgIpc) is 2.80. The third-order valence-corrected chi connectivity index (χ3v) is 3.90. The van der Waals surface area contributed by atoms with Crippen LogP contribution in [0.2, 0.25) is 0 Å². The second-order valence-electron chi connectivity index (χ2n) is 4.44. The minimum absolute atomic E-state index is 0.121. The molecule has 0 saturated heterocycles. The van der Waals surface area contributed by atoms with Crippen molar-refractivity contribution in [1.82, 2.24) is 4.98 Å². The molecule has 0 atom stereocenters. The Hall–Kier alpha value is -1.88. The number of hydrogen-bond donors (Lipinski definition) is 2. The zero-order chi connectivity index (χ0) is 14.5. The number of carbonyl (C=O) groups excluding carboxylic acids is 1. The fraction of sp³-hybridized carbons (Fsp3) is 0.333. The minimum Gasteiger partial charge on any atom is -0.385 e. The number of aromatic nitrogens is 1. The Kier molecular flexibility index (Phi) is 4.74. The van der Waals surface area contributed by atoms with Gasteiger partial charge in [-0.3, -0.25) is 10.1 Å². The van der Waals surface area contributed by atoms with E-state index in [4.69, 9.17) is 0 Å². The van der Waals surface area contributed by atoms with Gasteiger partial charge in [0.05, 0.1) is 5.69 Å². The summed E-state index contributed by atoms with van der Waals surface area (Å²) in [5.74, 6) is -0.121. The minimum atomic E-state index is -0.121. The van der Waals surface area contributed by atoms with Crippen LogP contribution in [0.15, 0.2) is 24.3 Å². The molecule has 4 nitrogen and oxygen atoms in total. The first-order valence-corrected chi connectivity index (χ1v) is 7.57. The highest BCUT2D eigenvalue weighted by atomic mass is 32.1. The number of benzene rings is 1. The third kappa shape index (κ3) is 3.36. The number of nitrogens with zero attached hydrogens (tertiary/aromatic N) is 1. The molecule has 1 aromatic carbocycles. The molecular formula is C15H19N3OS. The molecule has 0 aliphatic carbocycles. The van der Waals surface area contributed by atoms with Crippen LogP contribution in [-0.4, -0.2) is 17.4 Å². The van der Waals surface area contributed by atoms with Crippen LogP contribution in [0.5, 0.6) is 0 Å². The van der Waals surface area contributed by atoms with Crippen molar-refractivity contribution in [2.45, 2.75) is 27.2 Å². The van der Waals surface area contributed by atoms with Gasteiger partial charge in [-0.1, -0.05) is 6.92 Å². The van der Waals surface area contributed by atoms with Crippen LogP contribution in [-0.2, 0) is 6.42 Å². The summed E-state index contributed by atoms with van der Waals surface area (Å²) in [4.78, 5) is 17.7. The molecule has 1 heterocycles. The Morgan fingerprint density at radius 2 is 1.95 bits per heavy atom. The van der Waals surface area contributed by atoms with E-state index in [9.17, 15) is 4.79 Å². The van der Waals surface area contributed by atoms with E-state index in [-0.39, 0.29) is 5.91 Å². The topological polar surface area (TPSA) is 54.0 Å². The molecule has 0 fully saturated rings. The largest absolute Gasteiger partial charge is 0.385 e. The molecule has 2 aromatic rings. The van der Waals surface area contributed by atoms with Crippen LogP contribution >= 0.6 is 11.3 Å².